The summed E-state index contributed by atoms with van der Waals surface area (Å²) in [6, 6.07) is 7.16. The van der Waals surface area contributed by atoms with Crippen LogP contribution in [0.25, 0.3) is 5.57 Å². The van der Waals surface area contributed by atoms with Crippen molar-refractivity contribution in [2.75, 3.05) is 33.4 Å². The van der Waals surface area contributed by atoms with Crippen LogP contribution in [0, 0.1) is 10.1 Å². The zero-order chi connectivity index (χ0) is 16.2. The van der Waals surface area contributed by atoms with Crippen molar-refractivity contribution in [3.05, 3.63) is 57.5 Å². The third-order valence-corrected chi connectivity index (χ3v) is 3.89. The van der Waals surface area contributed by atoms with Crippen LogP contribution in [0.1, 0.15) is 5.56 Å². The zero-order valence-electron chi connectivity index (χ0n) is 12.8. The predicted molar refractivity (Wildman–Crippen MR) is 85.0 cm³/mol. The van der Waals surface area contributed by atoms with Crippen molar-refractivity contribution in [3.8, 4) is 5.75 Å². The van der Waals surface area contributed by atoms with Gasteiger partial charge in [-0.2, -0.15) is 0 Å². The molecule has 1 aromatic carbocycles. The van der Waals surface area contributed by atoms with Gasteiger partial charge in [-0.25, -0.2) is 4.99 Å². The molecule has 1 aromatic rings. The Morgan fingerprint density at radius 1 is 1.30 bits per heavy atom. The van der Waals surface area contributed by atoms with Crippen LogP contribution < -0.4 is 9.64 Å². The lowest BCUT2D eigenvalue weighted by molar-refractivity contribution is -0.856. The average molecular weight is 316 g/mol. The number of aliphatic imine (C=N–C) groups is 1. The Balaban J connectivity index is 1.94. The van der Waals surface area contributed by atoms with Crippen molar-refractivity contribution in [3.63, 3.8) is 0 Å². The monoisotopic (exact) mass is 316 g/mol. The van der Waals surface area contributed by atoms with E-state index in [-0.39, 0.29) is 10.6 Å². The van der Waals surface area contributed by atoms with Gasteiger partial charge >= 0.3 is 5.70 Å². The van der Waals surface area contributed by atoms with Crippen LogP contribution >= 0.6 is 0 Å². The minimum Gasteiger partial charge on any atom is -0.497 e. The summed E-state index contributed by atoms with van der Waals surface area (Å²) >= 11 is 0. The average Bonchev–Trinajstić information content (AvgIpc) is 2.99. The molecule has 2 aliphatic heterocycles. The molecule has 7 heteroatoms. The Morgan fingerprint density at radius 2 is 2.00 bits per heavy atom. The molecule has 0 atom stereocenters. The van der Waals surface area contributed by atoms with Crippen LogP contribution in [-0.4, -0.2) is 44.6 Å². The van der Waals surface area contributed by atoms with Crippen LogP contribution in [-0.2, 0) is 4.74 Å². The largest absolute Gasteiger partial charge is 0.497 e. The summed E-state index contributed by atoms with van der Waals surface area (Å²) in [6.45, 7) is 2.90. The summed E-state index contributed by atoms with van der Waals surface area (Å²) in [7, 11) is 1.58. The summed E-state index contributed by atoms with van der Waals surface area (Å²) in [6.07, 6.45) is 3.39. The molecule has 1 N–H and O–H groups in total. The first-order valence-corrected chi connectivity index (χ1v) is 7.40. The second-order valence-electron chi connectivity index (χ2n) is 5.31. The maximum Gasteiger partial charge on any atom is 0.309 e. The summed E-state index contributed by atoms with van der Waals surface area (Å²) in [4.78, 5) is 16.6. The molecule has 0 radical (unpaired) electrons. The van der Waals surface area contributed by atoms with Gasteiger partial charge < -0.3 is 14.4 Å². The van der Waals surface area contributed by atoms with Gasteiger partial charge in [0.15, 0.2) is 5.70 Å². The summed E-state index contributed by atoms with van der Waals surface area (Å²) < 4.78 is 10.4. The van der Waals surface area contributed by atoms with Gasteiger partial charge in [-0.3, -0.25) is 10.1 Å². The Hall–Kier alpha value is -2.51. The molecular weight excluding hydrogens is 298 g/mol. The Morgan fingerprint density at radius 3 is 2.61 bits per heavy atom. The van der Waals surface area contributed by atoms with Crippen LogP contribution in [0.2, 0.25) is 0 Å². The smallest absolute Gasteiger partial charge is 0.309 e. The van der Waals surface area contributed by atoms with Crippen LogP contribution in [0.5, 0.6) is 5.75 Å². The van der Waals surface area contributed by atoms with E-state index in [1.165, 1.54) is 0 Å². The number of allylic oxidation sites excluding steroid dienone is 1. The number of rotatable bonds is 4. The number of nitrogens with one attached hydrogen (secondary N) is 1. The van der Waals surface area contributed by atoms with E-state index in [4.69, 9.17) is 9.47 Å². The number of methoxy groups -OCH3 is 1. The fourth-order valence-corrected chi connectivity index (χ4v) is 2.64. The first kappa shape index (κ1) is 15.4. The van der Waals surface area contributed by atoms with E-state index in [9.17, 15) is 10.1 Å². The number of ether oxygens (including phenoxy) is 2. The van der Waals surface area contributed by atoms with Gasteiger partial charge in [0, 0.05) is 6.21 Å². The van der Waals surface area contributed by atoms with Gasteiger partial charge in [0.05, 0.1) is 30.8 Å². The zero-order valence-corrected chi connectivity index (χ0v) is 12.8. The molecule has 0 saturated carbocycles. The maximum atomic E-state index is 11.5. The topological polar surface area (TPSA) is 78.4 Å². The maximum absolute atomic E-state index is 11.5. The van der Waals surface area contributed by atoms with E-state index in [1.54, 1.807) is 37.6 Å². The highest BCUT2D eigenvalue weighted by molar-refractivity contribution is 6.14. The summed E-state index contributed by atoms with van der Waals surface area (Å²) in [5.41, 5.74) is 1.74. The third-order valence-electron chi connectivity index (χ3n) is 3.89. The molecule has 2 heterocycles. The number of nitrogens with zero attached hydrogens (tertiary/aromatic N) is 2. The van der Waals surface area contributed by atoms with Crippen molar-refractivity contribution >= 4 is 11.8 Å². The fourth-order valence-electron chi connectivity index (χ4n) is 2.64. The number of nitro groups is 1. The highest BCUT2D eigenvalue weighted by Gasteiger charge is 2.30. The molecule has 3 rings (SSSR count). The molecule has 23 heavy (non-hydrogen) atoms. The van der Waals surface area contributed by atoms with Gasteiger partial charge in [-0.05, 0) is 17.7 Å². The lowest BCUT2D eigenvalue weighted by atomic mass is 10.1. The molecule has 0 aromatic heterocycles. The van der Waals surface area contributed by atoms with Gasteiger partial charge in [-0.1, -0.05) is 12.1 Å². The minimum absolute atomic E-state index is 0.0501. The molecule has 1 saturated heterocycles. The number of hydrogen-bond donors (Lipinski definition) is 1. The van der Waals surface area contributed by atoms with Crippen molar-refractivity contribution in [2.24, 2.45) is 4.99 Å². The SMILES string of the molecule is COc1ccc(C2=C([N+](=O)[O-])/C(=C/[NH+]3CCOCC3)N=C2)cc1. The second kappa shape index (κ2) is 6.72. The number of benzene rings is 1. The number of quaternary nitrogens is 1. The van der Waals surface area contributed by atoms with Crippen LogP contribution in [0.3, 0.4) is 0 Å². The van der Waals surface area contributed by atoms with E-state index < -0.39 is 0 Å². The quantitative estimate of drug-likeness (QED) is 0.649. The molecule has 0 amide bonds. The standard InChI is InChI=1S/C16H17N3O4/c1-22-13-4-2-12(3-5-13)14-10-17-15(16(14)19(20)21)11-18-6-8-23-9-7-18/h2-5,10-11H,6-9H2,1H3/p+1/b15-11-. The summed E-state index contributed by atoms with van der Waals surface area (Å²) in [5, 5.41) is 11.5. The highest BCUT2D eigenvalue weighted by Crippen LogP contribution is 2.29. The van der Waals surface area contributed by atoms with Crippen LogP contribution in [0.4, 0.5) is 0 Å². The van der Waals surface area contributed by atoms with E-state index in [0.29, 0.717) is 30.2 Å². The normalized spacial score (nSPS) is 20.3. The molecule has 1 fully saturated rings. The highest BCUT2D eigenvalue weighted by atomic mass is 16.6. The van der Waals surface area contributed by atoms with Crippen LogP contribution in [0.15, 0.2) is 46.9 Å². The van der Waals surface area contributed by atoms with E-state index in [1.807, 2.05) is 6.20 Å². The molecule has 0 aliphatic carbocycles. The van der Waals surface area contributed by atoms with Gasteiger partial charge in [0.25, 0.3) is 0 Å². The number of morpholine rings is 1. The lowest BCUT2D eigenvalue weighted by Crippen LogP contribution is -3.09. The van der Waals surface area contributed by atoms with Gasteiger partial charge in [0.1, 0.15) is 25.0 Å². The Labute approximate surface area is 133 Å². The fraction of sp³-hybridized carbons (Fsp3) is 0.312. The molecule has 0 spiro atoms. The van der Waals surface area contributed by atoms with Gasteiger partial charge in [0.2, 0.25) is 0 Å². The summed E-state index contributed by atoms with van der Waals surface area (Å²) in [5.74, 6) is 0.709. The van der Waals surface area contributed by atoms with E-state index in [2.05, 4.69) is 4.99 Å². The van der Waals surface area contributed by atoms with Crippen molar-refractivity contribution in [1.29, 1.82) is 0 Å². The lowest BCUT2D eigenvalue weighted by Gasteiger charge is -2.19. The first-order chi connectivity index (χ1) is 11.2. The Bertz CT molecular complexity index is 686. The van der Waals surface area contributed by atoms with Crippen molar-refractivity contribution in [2.45, 2.75) is 0 Å². The molecule has 120 valence electrons. The molecular formula is C16H18N3O4+. The predicted octanol–water partition coefficient (Wildman–Crippen LogP) is 0.524. The van der Waals surface area contributed by atoms with Crippen molar-refractivity contribution < 1.29 is 19.3 Å². The molecule has 0 unspecified atom stereocenters. The van der Waals surface area contributed by atoms with E-state index >= 15 is 0 Å². The molecule has 0 bridgehead atoms. The van der Waals surface area contributed by atoms with E-state index in [0.717, 1.165) is 23.6 Å². The first-order valence-electron chi connectivity index (χ1n) is 7.40. The van der Waals surface area contributed by atoms with Gasteiger partial charge in [-0.15, -0.1) is 0 Å². The third kappa shape index (κ3) is 3.30. The molecule has 7 nitrogen and oxygen atoms in total. The minimum atomic E-state index is -0.363. The number of hydrogen-bond acceptors (Lipinski definition) is 5. The Kier molecular flexibility index (Phi) is 4.50. The second-order valence-corrected chi connectivity index (χ2v) is 5.31. The van der Waals surface area contributed by atoms with Crippen molar-refractivity contribution in [1.82, 2.24) is 0 Å². The molecule has 2 aliphatic rings.